The first-order valence-electron chi connectivity index (χ1n) is 41.2. The van der Waals surface area contributed by atoms with Gasteiger partial charge in [-0.05, 0) is 205 Å². The average Bonchev–Trinajstić information content (AvgIpc) is 1.58. The van der Waals surface area contributed by atoms with E-state index >= 15 is 0 Å². The van der Waals surface area contributed by atoms with Gasteiger partial charge < -0.3 is 57.8 Å². The third-order valence-corrected chi connectivity index (χ3v) is 20.7. The van der Waals surface area contributed by atoms with Crippen molar-refractivity contribution in [1.82, 2.24) is 9.80 Å². The highest BCUT2D eigenvalue weighted by Crippen LogP contribution is 2.50. The van der Waals surface area contributed by atoms with E-state index in [9.17, 15) is 0 Å². The summed E-state index contributed by atoms with van der Waals surface area (Å²) in [6, 6.07) is 68.9. The SMILES string of the molecule is Cc1ccc2c(oc3ccccc32)c1N1c2ccccc2N(C)[C@H]1C.Cc1ccccc1N1c2ccccc2N(C)[C@H]1C.[2H]C([2H])([2H])C([2H])(C)N1C=CN(c2c(C)ccc3c2oc2ccccc23)[C@@H]1C.[2H]C([2H])([2H])C([2H])(C)N1C=CN(c2ccccc2C)[C@@H]1C.[2H]C([2H])([2H])C([2H])(C)N1c2ccccc2N(c2ccccc2C)[C@@H]1C. The maximum absolute atomic E-state index is 8.58. The number of anilines is 11. The molecule has 524 valence electrons. The molecule has 17 rings (SSSR count). The highest BCUT2D eigenvalue weighted by atomic mass is 16.3. The fourth-order valence-corrected chi connectivity index (χ4v) is 15.2. The van der Waals surface area contributed by atoms with Crippen molar-refractivity contribution in [3.8, 4) is 0 Å². The zero-order valence-corrected chi connectivity index (χ0v) is 61.3. The van der Waals surface area contributed by atoms with Crippen LogP contribution in [0.2, 0.25) is 0 Å². The Morgan fingerprint density at radius 2 is 0.667 bits per heavy atom. The summed E-state index contributed by atoms with van der Waals surface area (Å²) in [6.07, 6.45) is 6.82. The van der Waals surface area contributed by atoms with Crippen molar-refractivity contribution in [3.05, 3.63) is 271 Å². The highest BCUT2D eigenvalue weighted by molar-refractivity contribution is 6.11. The summed E-state index contributed by atoms with van der Waals surface area (Å²) in [5.41, 5.74) is 21.5. The molecular formula is C90H102N10O2. The van der Waals surface area contributed by atoms with Crippen LogP contribution >= 0.6 is 0 Å². The third kappa shape index (κ3) is 12.8. The molecule has 0 aliphatic carbocycles. The van der Waals surface area contributed by atoms with Crippen LogP contribution in [0, 0.1) is 34.6 Å². The zero-order chi connectivity index (χ0) is 82.2. The molecular weight excluding hydrogens is 1250 g/mol. The number of benzene rings is 10. The molecule has 5 aliphatic rings. The molecule has 7 heterocycles. The molecule has 0 fully saturated rings. The van der Waals surface area contributed by atoms with Crippen LogP contribution in [0.5, 0.6) is 0 Å². The van der Waals surface area contributed by atoms with Gasteiger partial charge in [0.05, 0.1) is 49.6 Å². The predicted molar refractivity (Wildman–Crippen MR) is 435 cm³/mol. The number of para-hydroxylation sites is 11. The minimum absolute atomic E-state index is 0.209. The van der Waals surface area contributed by atoms with Gasteiger partial charge >= 0.3 is 0 Å². The molecule has 3 unspecified atom stereocenters. The van der Waals surface area contributed by atoms with Gasteiger partial charge in [-0.25, -0.2) is 0 Å². The Morgan fingerprint density at radius 3 is 1.15 bits per heavy atom. The fraction of sp³-hybridized carbons (Fsp3) is 0.289. The van der Waals surface area contributed by atoms with Gasteiger partial charge in [0, 0.05) is 108 Å². The number of aryl methyl sites for hydroxylation is 5. The molecule has 0 radical (unpaired) electrons. The molecule has 0 saturated heterocycles. The number of hydrogen-bond acceptors (Lipinski definition) is 12. The minimum Gasteiger partial charge on any atom is -0.454 e. The lowest BCUT2D eigenvalue weighted by Crippen LogP contribution is -2.42. The third-order valence-electron chi connectivity index (χ3n) is 20.7. The Hall–Kier alpha value is -10.7. The number of nitrogens with zero attached hydrogens (tertiary/aromatic N) is 10. The van der Waals surface area contributed by atoms with E-state index < -0.39 is 38.6 Å². The standard InChI is InChI=1S/C22H20N2O.C20H22N2O.C18H22N2.C16H18N2.C14H20N2/c1-14-12-13-17-16-8-4-7-11-20(16)25-22(17)21(14)24-15(2)23(3)18-9-5-6-10-19(18)24;1-13(2)21-11-12-22(15(21)4)19-14(3)9-10-17-16-7-5-6-8-18(16)23-20(17)19;1-13(2)19-15(4)20(16-10-6-5-9-14(16)3)18-12-8-7-11-17(18)19;1-12-8-4-5-9-14(12)18-13(2)17(3)15-10-6-7-11-16(15)18;1-11(2)15-9-10-16(13(15)4)14-8-6-5-7-12(14)3/h4-13,15H,1-3H3;5-13,15H,1-4H3;5-13,15H,1-4H3;4-11,13H,1-3H3;5-11,13H,1-4H3/t3*15-;2*13-/m11111/s1/i;2*1D3,13D;;1D3,11D/t;2*13?,15-;;11?,13-. The molecule has 0 N–H and O–H groups in total. The average molecular weight is 1370 g/mol. The molecule has 12 nitrogen and oxygen atoms in total. The number of rotatable bonds is 8. The Morgan fingerprint density at radius 1 is 0.314 bits per heavy atom. The molecule has 12 heteroatoms. The van der Waals surface area contributed by atoms with Crippen LogP contribution in [0.15, 0.2) is 252 Å². The van der Waals surface area contributed by atoms with Gasteiger partial charge in [0.1, 0.15) is 42.0 Å². The lowest BCUT2D eigenvalue weighted by Gasteiger charge is -2.33. The Kier molecular flexibility index (Phi) is 16.0. The maximum atomic E-state index is 8.58. The smallest absolute Gasteiger partial charge is 0.159 e. The van der Waals surface area contributed by atoms with E-state index in [0.717, 1.165) is 83.9 Å². The second-order valence-electron chi connectivity index (χ2n) is 27.1. The second-order valence-corrected chi connectivity index (χ2v) is 27.1. The lowest BCUT2D eigenvalue weighted by atomic mass is 10.1. The van der Waals surface area contributed by atoms with E-state index in [0.29, 0.717) is 6.17 Å². The Bertz CT molecular complexity index is 5570. The van der Waals surface area contributed by atoms with E-state index in [2.05, 4.69) is 169 Å². The maximum Gasteiger partial charge on any atom is 0.159 e. The molecule has 5 aliphatic heterocycles. The summed E-state index contributed by atoms with van der Waals surface area (Å²) in [5.74, 6) is 0. The first kappa shape index (κ1) is 56.0. The van der Waals surface area contributed by atoms with Gasteiger partial charge in [-0.1, -0.05) is 152 Å². The van der Waals surface area contributed by atoms with Crippen LogP contribution in [0.3, 0.4) is 0 Å². The van der Waals surface area contributed by atoms with E-state index in [1.54, 1.807) is 27.1 Å². The predicted octanol–water partition coefficient (Wildman–Crippen LogP) is 23.0. The quantitative estimate of drug-likeness (QED) is 0.146. The van der Waals surface area contributed by atoms with Crippen LogP contribution in [-0.4, -0.2) is 72.8 Å². The van der Waals surface area contributed by atoms with Crippen LogP contribution in [-0.2, 0) is 0 Å². The number of hydrogen-bond donors (Lipinski definition) is 0. The van der Waals surface area contributed by atoms with Crippen molar-refractivity contribution in [2.24, 2.45) is 0 Å². The van der Waals surface area contributed by atoms with Crippen molar-refractivity contribution in [2.45, 2.75) is 159 Å². The summed E-state index contributed by atoms with van der Waals surface area (Å²) in [4.78, 5) is 20.4. The Balaban J connectivity index is 0.000000125. The van der Waals surface area contributed by atoms with Crippen molar-refractivity contribution in [2.75, 3.05) is 53.3 Å². The first-order valence-corrected chi connectivity index (χ1v) is 35.2. The molecule has 10 aromatic carbocycles. The summed E-state index contributed by atoms with van der Waals surface area (Å²) < 4.78 is 107. The number of fused-ring (bicyclic) bond motifs is 9. The topological polar surface area (TPSA) is 58.7 Å². The molecule has 0 bridgehead atoms. The summed E-state index contributed by atoms with van der Waals surface area (Å²) in [5, 5.41) is 4.42. The van der Waals surface area contributed by atoms with Gasteiger partial charge in [0.25, 0.3) is 0 Å². The van der Waals surface area contributed by atoms with Gasteiger partial charge in [0.15, 0.2) is 11.2 Å². The summed E-state index contributed by atoms with van der Waals surface area (Å²) in [7, 11) is 4.30. The van der Waals surface area contributed by atoms with Crippen molar-refractivity contribution in [3.63, 3.8) is 0 Å². The number of furan rings is 2. The van der Waals surface area contributed by atoms with E-state index in [4.69, 9.17) is 25.3 Å². The largest absolute Gasteiger partial charge is 0.454 e. The van der Waals surface area contributed by atoms with Gasteiger partial charge in [0.2, 0.25) is 0 Å². The van der Waals surface area contributed by atoms with Gasteiger partial charge in [-0.15, -0.1) is 0 Å². The summed E-state index contributed by atoms with van der Waals surface area (Å²) in [6.45, 7) is 17.7. The van der Waals surface area contributed by atoms with E-state index in [1.807, 2.05) is 179 Å². The van der Waals surface area contributed by atoms with Crippen LogP contribution < -0.4 is 39.2 Å². The van der Waals surface area contributed by atoms with Crippen molar-refractivity contribution >= 4 is 106 Å². The minimum atomic E-state index is -2.43. The molecule has 0 spiro atoms. The molecule has 12 aromatic rings. The molecule has 0 saturated carbocycles. The van der Waals surface area contributed by atoms with Crippen molar-refractivity contribution < 1.29 is 25.3 Å². The summed E-state index contributed by atoms with van der Waals surface area (Å²) >= 11 is 0. The second kappa shape index (κ2) is 29.1. The van der Waals surface area contributed by atoms with E-state index in [-0.39, 0.29) is 24.7 Å². The normalized spacial score (nSPS) is 21.8. The Labute approximate surface area is 622 Å². The van der Waals surface area contributed by atoms with Gasteiger partial charge in [-0.3, -0.25) is 0 Å². The van der Waals surface area contributed by atoms with Crippen LogP contribution in [0.4, 0.5) is 62.6 Å². The van der Waals surface area contributed by atoms with Crippen molar-refractivity contribution in [1.29, 1.82) is 0 Å². The van der Waals surface area contributed by atoms with Gasteiger partial charge in [-0.2, -0.15) is 0 Å². The first-order chi connectivity index (χ1) is 53.8. The fourth-order valence-electron chi connectivity index (χ4n) is 15.2. The zero-order valence-electron chi connectivity index (χ0n) is 73.3. The van der Waals surface area contributed by atoms with Crippen LogP contribution in [0.1, 0.15) is 120 Å². The molecule has 8 atom stereocenters. The lowest BCUT2D eigenvalue weighted by molar-refractivity contribution is 0.263. The molecule has 0 amide bonds. The molecule has 102 heavy (non-hydrogen) atoms. The van der Waals surface area contributed by atoms with Crippen LogP contribution in [0.25, 0.3) is 43.9 Å². The highest BCUT2D eigenvalue weighted by Gasteiger charge is 2.38. The van der Waals surface area contributed by atoms with E-state index in [1.165, 1.54) is 71.1 Å². The monoisotopic (exact) mass is 1370 g/mol. The molecule has 2 aromatic heterocycles.